The third-order valence-electron chi connectivity index (χ3n) is 5.36. The maximum absolute atomic E-state index is 13.0. The summed E-state index contributed by atoms with van der Waals surface area (Å²) in [4.78, 5) is 40.8. The Bertz CT molecular complexity index is 728. The lowest BCUT2D eigenvalue weighted by molar-refractivity contribution is -0.139. The number of aryl methyl sites for hydroxylation is 1. The lowest BCUT2D eigenvalue weighted by Gasteiger charge is -2.24. The van der Waals surface area contributed by atoms with Crippen molar-refractivity contribution in [2.45, 2.75) is 44.2 Å². The van der Waals surface area contributed by atoms with Crippen molar-refractivity contribution < 1.29 is 14.4 Å². The summed E-state index contributed by atoms with van der Waals surface area (Å²) in [5.74, 6) is -0.440. The standard InChI is InChI=1S/C18H21N3O3/c1-2-20(13-7-8-13)15(22)11-21-16(23)18(19-17(21)24)10-9-12-5-3-4-6-14(12)18/h3-6,13H,2,7-11H2,1H3,(H,19,24)/t18-/m1/s1. The molecule has 24 heavy (non-hydrogen) atoms. The number of nitrogens with zero attached hydrogens (tertiary/aromatic N) is 2. The highest BCUT2D eigenvalue weighted by Crippen LogP contribution is 2.41. The normalized spacial score (nSPS) is 25.1. The number of likely N-dealkylation sites (N-methyl/N-ethyl adjacent to an activating group) is 1. The molecule has 0 bridgehead atoms. The molecule has 1 aliphatic heterocycles. The molecule has 4 amide bonds. The van der Waals surface area contributed by atoms with Crippen LogP contribution >= 0.6 is 0 Å². The topological polar surface area (TPSA) is 69.7 Å². The lowest BCUT2D eigenvalue weighted by Crippen LogP contribution is -2.45. The van der Waals surface area contributed by atoms with E-state index in [-0.39, 0.29) is 24.4 Å². The molecule has 1 spiro atoms. The number of rotatable bonds is 4. The SMILES string of the molecule is CCN(C(=O)CN1C(=O)N[C@@]2(CCc3ccccc32)C1=O)C1CC1. The molecule has 6 heteroatoms. The molecule has 1 atom stereocenters. The van der Waals surface area contributed by atoms with Crippen molar-refractivity contribution in [3.05, 3.63) is 35.4 Å². The van der Waals surface area contributed by atoms with Gasteiger partial charge in [0.25, 0.3) is 5.91 Å². The second-order valence-corrected chi connectivity index (χ2v) is 6.79. The third kappa shape index (κ3) is 2.12. The first kappa shape index (κ1) is 15.2. The largest absolute Gasteiger partial charge is 0.338 e. The monoisotopic (exact) mass is 327 g/mol. The molecule has 1 heterocycles. The Morgan fingerprint density at radius 1 is 1.33 bits per heavy atom. The van der Waals surface area contributed by atoms with Gasteiger partial charge in [-0.1, -0.05) is 24.3 Å². The van der Waals surface area contributed by atoms with E-state index in [1.54, 1.807) is 4.90 Å². The summed E-state index contributed by atoms with van der Waals surface area (Å²) >= 11 is 0. The molecule has 2 aliphatic carbocycles. The van der Waals surface area contributed by atoms with Crippen LogP contribution in [0, 0.1) is 0 Å². The van der Waals surface area contributed by atoms with E-state index in [0.717, 1.165) is 35.3 Å². The number of carbonyl (C=O) groups is 3. The Hall–Kier alpha value is -2.37. The smallest absolute Gasteiger partial charge is 0.325 e. The maximum Gasteiger partial charge on any atom is 0.325 e. The summed E-state index contributed by atoms with van der Waals surface area (Å²) in [7, 11) is 0. The van der Waals surface area contributed by atoms with Crippen LogP contribution in [0.15, 0.2) is 24.3 Å². The quantitative estimate of drug-likeness (QED) is 0.850. The number of hydrogen-bond acceptors (Lipinski definition) is 3. The Morgan fingerprint density at radius 2 is 2.08 bits per heavy atom. The number of amides is 4. The van der Waals surface area contributed by atoms with Crippen LogP contribution in [0.2, 0.25) is 0 Å². The van der Waals surface area contributed by atoms with Crippen molar-refractivity contribution in [1.82, 2.24) is 15.1 Å². The minimum Gasteiger partial charge on any atom is -0.338 e. The molecule has 1 aromatic rings. The number of benzene rings is 1. The first-order valence-electron chi connectivity index (χ1n) is 8.59. The Kier molecular flexibility index (Phi) is 3.37. The summed E-state index contributed by atoms with van der Waals surface area (Å²) in [5, 5.41) is 2.86. The Labute approximate surface area is 140 Å². The molecule has 1 aromatic carbocycles. The van der Waals surface area contributed by atoms with Gasteiger partial charge in [-0.25, -0.2) is 4.79 Å². The van der Waals surface area contributed by atoms with Gasteiger partial charge in [0, 0.05) is 12.6 Å². The van der Waals surface area contributed by atoms with Crippen LogP contribution in [-0.4, -0.2) is 46.8 Å². The highest BCUT2D eigenvalue weighted by atomic mass is 16.2. The minimum atomic E-state index is -0.982. The molecule has 0 radical (unpaired) electrons. The summed E-state index contributed by atoms with van der Waals surface area (Å²) in [6, 6.07) is 7.53. The second-order valence-electron chi connectivity index (χ2n) is 6.79. The first-order chi connectivity index (χ1) is 11.6. The van der Waals surface area contributed by atoms with E-state index in [1.165, 1.54) is 0 Å². The van der Waals surface area contributed by atoms with Crippen molar-refractivity contribution in [2.24, 2.45) is 0 Å². The highest BCUT2D eigenvalue weighted by Gasteiger charge is 2.55. The Morgan fingerprint density at radius 3 is 2.79 bits per heavy atom. The van der Waals surface area contributed by atoms with Crippen molar-refractivity contribution >= 4 is 17.8 Å². The molecular formula is C18H21N3O3. The predicted molar refractivity (Wildman–Crippen MR) is 87.1 cm³/mol. The summed E-state index contributed by atoms with van der Waals surface area (Å²) in [6.45, 7) is 2.37. The van der Waals surface area contributed by atoms with Gasteiger partial charge in [0.15, 0.2) is 0 Å². The van der Waals surface area contributed by atoms with Crippen LogP contribution in [0.4, 0.5) is 4.79 Å². The molecule has 1 N–H and O–H groups in total. The molecule has 0 aromatic heterocycles. The van der Waals surface area contributed by atoms with Gasteiger partial charge in [-0.15, -0.1) is 0 Å². The number of nitrogens with one attached hydrogen (secondary N) is 1. The van der Waals surface area contributed by atoms with E-state index in [4.69, 9.17) is 0 Å². The van der Waals surface area contributed by atoms with Crippen LogP contribution in [0.3, 0.4) is 0 Å². The second kappa shape index (κ2) is 5.33. The van der Waals surface area contributed by atoms with E-state index in [9.17, 15) is 14.4 Å². The van der Waals surface area contributed by atoms with Crippen LogP contribution in [-0.2, 0) is 21.5 Å². The van der Waals surface area contributed by atoms with E-state index < -0.39 is 11.6 Å². The van der Waals surface area contributed by atoms with Gasteiger partial charge >= 0.3 is 6.03 Å². The zero-order chi connectivity index (χ0) is 16.9. The number of urea groups is 1. The molecule has 2 fully saturated rings. The van der Waals surface area contributed by atoms with E-state index in [2.05, 4.69) is 5.32 Å². The van der Waals surface area contributed by atoms with E-state index >= 15 is 0 Å². The zero-order valence-corrected chi connectivity index (χ0v) is 13.7. The van der Waals surface area contributed by atoms with E-state index in [0.29, 0.717) is 13.0 Å². The zero-order valence-electron chi connectivity index (χ0n) is 13.7. The first-order valence-corrected chi connectivity index (χ1v) is 8.59. The molecule has 1 saturated carbocycles. The third-order valence-corrected chi connectivity index (χ3v) is 5.36. The average Bonchev–Trinajstić information content (AvgIpc) is 3.30. The molecule has 3 aliphatic rings. The van der Waals surface area contributed by atoms with Crippen molar-refractivity contribution in [3.8, 4) is 0 Å². The molecule has 0 unspecified atom stereocenters. The minimum absolute atomic E-state index is 0.146. The van der Waals surface area contributed by atoms with Gasteiger partial charge in [-0.3, -0.25) is 14.5 Å². The van der Waals surface area contributed by atoms with Crippen molar-refractivity contribution in [2.75, 3.05) is 13.1 Å². The molecule has 1 saturated heterocycles. The van der Waals surface area contributed by atoms with E-state index in [1.807, 2.05) is 31.2 Å². The van der Waals surface area contributed by atoms with Gasteiger partial charge in [-0.05, 0) is 43.7 Å². The van der Waals surface area contributed by atoms with Gasteiger partial charge in [0.1, 0.15) is 12.1 Å². The van der Waals surface area contributed by atoms with Gasteiger partial charge in [-0.2, -0.15) is 0 Å². The van der Waals surface area contributed by atoms with Gasteiger partial charge in [0.05, 0.1) is 0 Å². The summed E-state index contributed by atoms with van der Waals surface area (Å²) < 4.78 is 0. The van der Waals surface area contributed by atoms with Crippen molar-refractivity contribution in [3.63, 3.8) is 0 Å². The fraction of sp³-hybridized carbons (Fsp3) is 0.500. The predicted octanol–water partition coefficient (Wildman–Crippen LogP) is 1.39. The number of hydrogen-bond donors (Lipinski definition) is 1. The fourth-order valence-corrected chi connectivity index (χ4v) is 3.98. The lowest BCUT2D eigenvalue weighted by atomic mass is 9.92. The van der Waals surface area contributed by atoms with Crippen LogP contribution < -0.4 is 5.32 Å². The number of carbonyl (C=O) groups excluding carboxylic acids is 3. The molecule has 6 nitrogen and oxygen atoms in total. The van der Waals surface area contributed by atoms with Crippen molar-refractivity contribution in [1.29, 1.82) is 0 Å². The van der Waals surface area contributed by atoms with Crippen LogP contribution in [0.1, 0.15) is 37.3 Å². The number of imide groups is 1. The van der Waals surface area contributed by atoms with Crippen LogP contribution in [0.25, 0.3) is 0 Å². The highest BCUT2D eigenvalue weighted by molar-refractivity contribution is 6.09. The molecule has 4 rings (SSSR count). The van der Waals surface area contributed by atoms with Crippen LogP contribution in [0.5, 0.6) is 0 Å². The average molecular weight is 327 g/mol. The fourth-order valence-electron chi connectivity index (χ4n) is 3.98. The summed E-state index contributed by atoms with van der Waals surface area (Å²) in [5.41, 5.74) is 0.977. The van der Waals surface area contributed by atoms with Gasteiger partial charge < -0.3 is 10.2 Å². The van der Waals surface area contributed by atoms with Gasteiger partial charge in [0.2, 0.25) is 5.91 Å². The molecular weight excluding hydrogens is 306 g/mol. The molecule has 126 valence electrons. The number of fused-ring (bicyclic) bond motifs is 2. The Balaban J connectivity index is 1.58. The maximum atomic E-state index is 13.0. The summed E-state index contributed by atoms with van der Waals surface area (Å²) in [6.07, 6.45) is 3.34.